The molecule has 3 aliphatic heterocycles. The third kappa shape index (κ3) is 3.46. The number of likely N-dealkylation sites (tertiary alicyclic amines) is 2. The Morgan fingerprint density at radius 1 is 1.08 bits per heavy atom. The van der Waals surface area contributed by atoms with Gasteiger partial charge in [0.2, 0.25) is 0 Å². The van der Waals surface area contributed by atoms with E-state index in [1.165, 1.54) is 69.3 Å². The second-order valence-electron chi connectivity index (χ2n) is 8.61. The van der Waals surface area contributed by atoms with Crippen LogP contribution in [0.1, 0.15) is 64.0 Å². The molecule has 0 radical (unpaired) electrons. The van der Waals surface area contributed by atoms with Gasteiger partial charge in [-0.25, -0.2) is 0 Å². The largest absolute Gasteiger partial charge is 0.487 e. The van der Waals surface area contributed by atoms with E-state index in [4.69, 9.17) is 4.74 Å². The van der Waals surface area contributed by atoms with E-state index in [0.717, 1.165) is 12.3 Å². The number of hydrogen-bond acceptors (Lipinski definition) is 3. The zero-order valence-electron chi connectivity index (χ0n) is 16.3. The van der Waals surface area contributed by atoms with Gasteiger partial charge in [-0.15, -0.1) is 0 Å². The van der Waals surface area contributed by atoms with Crippen LogP contribution in [-0.4, -0.2) is 47.1 Å². The maximum atomic E-state index is 6.58. The standard InChI is InChI=1S/C22H34N2O/c1-4-23-13-11-22(12-14-23)10-9-20-15-19(7-8-21(20)25-22)16-24-17(2)5-6-18(24)3/h7-8,15,17-18H,4-6,9-14,16H2,1-3H3. The van der Waals surface area contributed by atoms with Crippen LogP contribution in [0.5, 0.6) is 5.75 Å². The first kappa shape index (κ1) is 17.4. The average Bonchev–Trinajstić information content (AvgIpc) is 2.95. The highest BCUT2D eigenvalue weighted by molar-refractivity contribution is 5.40. The minimum absolute atomic E-state index is 0.109. The van der Waals surface area contributed by atoms with Crippen LogP contribution in [0.3, 0.4) is 0 Å². The lowest BCUT2D eigenvalue weighted by molar-refractivity contribution is -0.0133. The summed E-state index contributed by atoms with van der Waals surface area (Å²) in [6.45, 7) is 11.6. The Hall–Kier alpha value is -1.06. The number of benzene rings is 1. The number of rotatable bonds is 3. The van der Waals surface area contributed by atoms with Crippen LogP contribution in [0.4, 0.5) is 0 Å². The van der Waals surface area contributed by atoms with Crippen LogP contribution in [0.2, 0.25) is 0 Å². The molecule has 0 saturated carbocycles. The van der Waals surface area contributed by atoms with Gasteiger partial charge in [0.1, 0.15) is 11.4 Å². The average molecular weight is 343 g/mol. The zero-order chi connectivity index (χ0) is 17.4. The molecule has 4 rings (SSSR count). The van der Waals surface area contributed by atoms with Crippen molar-refractivity contribution in [3.05, 3.63) is 29.3 Å². The summed E-state index contributed by atoms with van der Waals surface area (Å²) >= 11 is 0. The van der Waals surface area contributed by atoms with Crippen LogP contribution < -0.4 is 4.74 Å². The molecular weight excluding hydrogens is 308 g/mol. The number of aryl methyl sites for hydroxylation is 1. The third-order valence-corrected chi connectivity index (χ3v) is 7.02. The Balaban J connectivity index is 1.45. The van der Waals surface area contributed by atoms with Crippen molar-refractivity contribution in [3.63, 3.8) is 0 Å². The predicted molar refractivity (Wildman–Crippen MR) is 103 cm³/mol. The summed E-state index contributed by atoms with van der Waals surface area (Å²) in [5.41, 5.74) is 3.00. The number of hydrogen-bond donors (Lipinski definition) is 0. The summed E-state index contributed by atoms with van der Waals surface area (Å²) in [5, 5.41) is 0. The van der Waals surface area contributed by atoms with E-state index in [2.05, 4.69) is 48.8 Å². The predicted octanol–water partition coefficient (Wildman–Crippen LogP) is 4.24. The van der Waals surface area contributed by atoms with Crippen molar-refractivity contribution in [2.75, 3.05) is 19.6 Å². The molecule has 0 bridgehead atoms. The van der Waals surface area contributed by atoms with Gasteiger partial charge >= 0.3 is 0 Å². The molecule has 0 amide bonds. The molecule has 2 fully saturated rings. The van der Waals surface area contributed by atoms with Crippen LogP contribution in [-0.2, 0) is 13.0 Å². The maximum Gasteiger partial charge on any atom is 0.123 e. The lowest BCUT2D eigenvalue weighted by Gasteiger charge is -2.44. The minimum atomic E-state index is 0.109. The van der Waals surface area contributed by atoms with Gasteiger partial charge in [0.15, 0.2) is 0 Å². The van der Waals surface area contributed by atoms with Crippen molar-refractivity contribution in [1.82, 2.24) is 9.80 Å². The molecule has 1 spiro atoms. The van der Waals surface area contributed by atoms with Crippen LogP contribution in [0.25, 0.3) is 0 Å². The van der Waals surface area contributed by atoms with Gasteiger partial charge in [-0.05, 0) is 76.1 Å². The van der Waals surface area contributed by atoms with Crippen molar-refractivity contribution < 1.29 is 4.74 Å². The second-order valence-corrected chi connectivity index (χ2v) is 8.61. The topological polar surface area (TPSA) is 15.7 Å². The highest BCUT2D eigenvalue weighted by Gasteiger charge is 2.39. The Morgan fingerprint density at radius 3 is 2.48 bits per heavy atom. The van der Waals surface area contributed by atoms with Crippen molar-refractivity contribution in [3.8, 4) is 5.75 Å². The van der Waals surface area contributed by atoms with Crippen molar-refractivity contribution in [2.24, 2.45) is 0 Å². The molecule has 2 atom stereocenters. The maximum absolute atomic E-state index is 6.58. The highest BCUT2D eigenvalue weighted by Crippen LogP contribution is 2.40. The number of piperidine rings is 1. The minimum Gasteiger partial charge on any atom is -0.487 e. The highest BCUT2D eigenvalue weighted by atomic mass is 16.5. The SMILES string of the molecule is CCN1CCC2(CCc3cc(CN4C(C)CCC4C)ccc3O2)CC1. The van der Waals surface area contributed by atoms with Crippen molar-refractivity contribution in [1.29, 1.82) is 0 Å². The quantitative estimate of drug-likeness (QED) is 0.817. The number of nitrogens with zero attached hydrogens (tertiary/aromatic N) is 2. The Bertz CT molecular complexity index is 596. The number of fused-ring (bicyclic) bond motifs is 1. The van der Waals surface area contributed by atoms with E-state index < -0.39 is 0 Å². The van der Waals surface area contributed by atoms with Gasteiger partial charge in [-0.2, -0.15) is 0 Å². The van der Waals surface area contributed by atoms with Crippen LogP contribution in [0, 0.1) is 0 Å². The summed E-state index contributed by atoms with van der Waals surface area (Å²) < 4.78 is 6.58. The second kappa shape index (κ2) is 6.92. The fraction of sp³-hybridized carbons (Fsp3) is 0.727. The van der Waals surface area contributed by atoms with Gasteiger partial charge in [0.25, 0.3) is 0 Å². The molecule has 3 heterocycles. The molecule has 2 unspecified atom stereocenters. The molecular formula is C22H34N2O. The smallest absolute Gasteiger partial charge is 0.123 e. The Labute approximate surface area is 153 Å². The normalized spacial score (nSPS) is 29.6. The first-order valence-electron chi connectivity index (χ1n) is 10.4. The van der Waals surface area contributed by atoms with E-state index in [0.29, 0.717) is 12.1 Å². The summed E-state index contributed by atoms with van der Waals surface area (Å²) in [6, 6.07) is 8.41. The molecule has 0 N–H and O–H groups in total. The Morgan fingerprint density at radius 2 is 1.80 bits per heavy atom. The molecule has 2 saturated heterocycles. The van der Waals surface area contributed by atoms with E-state index in [-0.39, 0.29) is 5.60 Å². The summed E-state index contributed by atoms with van der Waals surface area (Å²) in [7, 11) is 0. The zero-order valence-corrected chi connectivity index (χ0v) is 16.3. The van der Waals surface area contributed by atoms with E-state index >= 15 is 0 Å². The number of ether oxygens (including phenoxy) is 1. The van der Waals surface area contributed by atoms with Crippen molar-refractivity contribution >= 4 is 0 Å². The molecule has 3 aliphatic rings. The third-order valence-electron chi connectivity index (χ3n) is 7.02. The first-order chi connectivity index (χ1) is 12.1. The fourth-order valence-electron chi connectivity index (χ4n) is 5.07. The summed E-state index contributed by atoms with van der Waals surface area (Å²) in [5.74, 6) is 1.16. The first-order valence-corrected chi connectivity index (χ1v) is 10.4. The lowest BCUT2D eigenvalue weighted by atomic mass is 9.83. The van der Waals surface area contributed by atoms with Crippen molar-refractivity contribution in [2.45, 2.75) is 83.5 Å². The molecule has 1 aromatic rings. The molecule has 0 aliphatic carbocycles. The van der Waals surface area contributed by atoms with E-state index in [1.807, 2.05) is 0 Å². The van der Waals surface area contributed by atoms with Gasteiger partial charge in [0, 0.05) is 31.7 Å². The molecule has 3 nitrogen and oxygen atoms in total. The van der Waals surface area contributed by atoms with E-state index in [9.17, 15) is 0 Å². The monoisotopic (exact) mass is 342 g/mol. The fourth-order valence-corrected chi connectivity index (χ4v) is 5.07. The van der Waals surface area contributed by atoms with Crippen LogP contribution >= 0.6 is 0 Å². The van der Waals surface area contributed by atoms with E-state index in [1.54, 1.807) is 0 Å². The van der Waals surface area contributed by atoms with Gasteiger partial charge in [-0.3, -0.25) is 4.90 Å². The molecule has 0 aromatic heterocycles. The summed E-state index contributed by atoms with van der Waals surface area (Å²) in [6.07, 6.45) is 7.42. The summed E-state index contributed by atoms with van der Waals surface area (Å²) in [4.78, 5) is 5.21. The van der Waals surface area contributed by atoms with Gasteiger partial charge < -0.3 is 9.64 Å². The van der Waals surface area contributed by atoms with Gasteiger partial charge in [-0.1, -0.05) is 19.1 Å². The molecule has 3 heteroatoms. The lowest BCUT2D eigenvalue weighted by Crippen LogP contribution is -2.49. The molecule has 1 aromatic carbocycles. The molecule has 138 valence electrons. The Kier molecular flexibility index (Phi) is 4.81. The molecule has 25 heavy (non-hydrogen) atoms. The van der Waals surface area contributed by atoms with Gasteiger partial charge in [0.05, 0.1) is 0 Å². The van der Waals surface area contributed by atoms with Crippen LogP contribution in [0.15, 0.2) is 18.2 Å².